The Kier molecular flexibility index (Phi) is 2.94. The number of hydrogen-bond donors (Lipinski definition) is 0. The fourth-order valence-electron chi connectivity index (χ4n) is 2.50. The molecule has 2 aromatic rings. The summed E-state index contributed by atoms with van der Waals surface area (Å²) in [5.74, 6) is 0. The van der Waals surface area contributed by atoms with Crippen LogP contribution in [0.2, 0.25) is 0 Å². The predicted octanol–water partition coefficient (Wildman–Crippen LogP) is 4.39. The first-order valence-corrected chi connectivity index (χ1v) is 6.53. The van der Waals surface area contributed by atoms with Gasteiger partial charge in [0.05, 0.1) is 6.04 Å². The Hall–Kier alpha value is -1.02. The Balaban J connectivity index is 2.46. The molecule has 1 unspecified atom stereocenters. The summed E-state index contributed by atoms with van der Waals surface area (Å²) in [6.07, 6.45) is 0. The van der Waals surface area contributed by atoms with Crippen LogP contribution < -0.4 is 0 Å². The lowest BCUT2D eigenvalue weighted by Gasteiger charge is -2.18. The van der Waals surface area contributed by atoms with Gasteiger partial charge in [0, 0.05) is 21.1 Å². The maximum Gasteiger partial charge on any atom is 0.0567 e. The molecule has 2 heterocycles. The molecule has 0 radical (unpaired) electrons. The Bertz CT molecular complexity index is 485. The second-order valence-corrected chi connectivity index (χ2v) is 5.99. The molecule has 0 aliphatic rings. The van der Waals surface area contributed by atoms with Crippen molar-refractivity contribution in [1.29, 1.82) is 0 Å². The van der Waals surface area contributed by atoms with Gasteiger partial charge in [0.15, 0.2) is 0 Å². The number of thiophene rings is 1. The van der Waals surface area contributed by atoms with Gasteiger partial charge in [-0.15, -0.1) is 11.3 Å². The molecule has 0 bridgehead atoms. The van der Waals surface area contributed by atoms with Crippen molar-refractivity contribution in [3.63, 3.8) is 0 Å². The van der Waals surface area contributed by atoms with E-state index in [-0.39, 0.29) is 0 Å². The van der Waals surface area contributed by atoms with Gasteiger partial charge in [-0.1, -0.05) is 0 Å². The molecule has 0 saturated carbocycles. The molecule has 0 aliphatic heterocycles. The summed E-state index contributed by atoms with van der Waals surface area (Å²) >= 11 is 1.89. The van der Waals surface area contributed by atoms with Crippen LogP contribution >= 0.6 is 11.3 Å². The van der Waals surface area contributed by atoms with E-state index in [1.807, 2.05) is 11.3 Å². The average Bonchev–Trinajstić information content (AvgIpc) is 2.70. The zero-order valence-corrected chi connectivity index (χ0v) is 11.5. The highest BCUT2D eigenvalue weighted by molar-refractivity contribution is 7.12. The molecule has 0 fully saturated rings. The number of hydrogen-bond acceptors (Lipinski definition) is 1. The molecular formula is C14H19NS. The van der Waals surface area contributed by atoms with Gasteiger partial charge in [-0.3, -0.25) is 0 Å². The van der Waals surface area contributed by atoms with E-state index in [0.29, 0.717) is 6.04 Å². The lowest BCUT2D eigenvalue weighted by molar-refractivity contribution is 0.609. The average molecular weight is 233 g/mol. The van der Waals surface area contributed by atoms with Crippen LogP contribution in [0, 0.1) is 27.7 Å². The van der Waals surface area contributed by atoms with Gasteiger partial charge in [0.2, 0.25) is 0 Å². The van der Waals surface area contributed by atoms with E-state index in [1.165, 1.54) is 26.7 Å². The smallest absolute Gasteiger partial charge is 0.0567 e. The molecule has 2 aromatic heterocycles. The second kappa shape index (κ2) is 4.10. The summed E-state index contributed by atoms with van der Waals surface area (Å²) in [7, 11) is 0. The Morgan fingerprint density at radius 3 is 2.06 bits per heavy atom. The van der Waals surface area contributed by atoms with Crippen molar-refractivity contribution in [1.82, 2.24) is 4.57 Å². The highest BCUT2D eigenvalue weighted by Gasteiger charge is 2.15. The number of rotatable bonds is 2. The van der Waals surface area contributed by atoms with Gasteiger partial charge >= 0.3 is 0 Å². The van der Waals surface area contributed by atoms with E-state index in [0.717, 1.165) is 0 Å². The van der Waals surface area contributed by atoms with E-state index in [9.17, 15) is 0 Å². The molecule has 0 saturated heterocycles. The molecule has 1 nitrogen and oxygen atoms in total. The first kappa shape index (κ1) is 11.5. The van der Waals surface area contributed by atoms with E-state index >= 15 is 0 Å². The zero-order chi connectivity index (χ0) is 11.9. The highest BCUT2D eigenvalue weighted by Crippen LogP contribution is 2.30. The molecule has 2 rings (SSSR count). The molecule has 0 spiro atoms. The normalized spacial score (nSPS) is 13.1. The van der Waals surface area contributed by atoms with Crippen molar-refractivity contribution < 1.29 is 0 Å². The summed E-state index contributed by atoms with van der Waals surface area (Å²) in [6, 6.07) is 7.16. The minimum atomic E-state index is 0.444. The van der Waals surface area contributed by atoms with Crippen LogP contribution in [0.15, 0.2) is 18.2 Å². The Labute approximate surface area is 102 Å². The summed E-state index contributed by atoms with van der Waals surface area (Å²) in [4.78, 5) is 2.85. The van der Waals surface area contributed by atoms with Crippen LogP contribution in [0.5, 0.6) is 0 Å². The molecule has 16 heavy (non-hydrogen) atoms. The second-order valence-electron chi connectivity index (χ2n) is 4.53. The zero-order valence-electron chi connectivity index (χ0n) is 10.7. The van der Waals surface area contributed by atoms with Crippen LogP contribution in [-0.2, 0) is 0 Å². The van der Waals surface area contributed by atoms with Crippen molar-refractivity contribution in [2.45, 2.75) is 40.7 Å². The molecule has 86 valence electrons. The lowest BCUT2D eigenvalue weighted by Crippen LogP contribution is -2.09. The van der Waals surface area contributed by atoms with Gasteiger partial charge in [-0.05, 0) is 58.4 Å². The number of aromatic nitrogens is 1. The summed E-state index contributed by atoms with van der Waals surface area (Å²) in [5, 5.41) is 0. The monoisotopic (exact) mass is 233 g/mol. The summed E-state index contributed by atoms with van der Waals surface area (Å²) in [6.45, 7) is 11.0. The van der Waals surface area contributed by atoms with Gasteiger partial charge in [0.1, 0.15) is 0 Å². The topological polar surface area (TPSA) is 4.93 Å². The van der Waals surface area contributed by atoms with Gasteiger partial charge in [0.25, 0.3) is 0 Å². The van der Waals surface area contributed by atoms with Gasteiger partial charge in [-0.2, -0.15) is 0 Å². The van der Waals surface area contributed by atoms with E-state index in [1.54, 1.807) is 0 Å². The molecule has 1 atom stereocenters. The standard InChI is InChI=1S/C14H19NS/c1-9-6-7-10(2)15(9)12(4)14-8-11(3)16-13(14)5/h6-8,12H,1-5H3. The Morgan fingerprint density at radius 2 is 1.62 bits per heavy atom. The molecule has 2 heteroatoms. The summed E-state index contributed by atoms with van der Waals surface area (Å²) < 4.78 is 2.41. The maximum absolute atomic E-state index is 2.41. The van der Waals surface area contributed by atoms with E-state index < -0.39 is 0 Å². The third-order valence-electron chi connectivity index (χ3n) is 3.24. The van der Waals surface area contributed by atoms with Crippen LogP contribution in [0.25, 0.3) is 0 Å². The number of nitrogens with zero attached hydrogens (tertiary/aromatic N) is 1. The minimum absolute atomic E-state index is 0.444. The van der Waals surface area contributed by atoms with E-state index in [2.05, 4.69) is 57.4 Å². The fourth-order valence-corrected chi connectivity index (χ4v) is 3.51. The molecule has 0 amide bonds. The lowest BCUT2D eigenvalue weighted by atomic mass is 10.1. The molecule has 0 N–H and O–H groups in total. The number of aryl methyl sites for hydroxylation is 4. The van der Waals surface area contributed by atoms with Crippen LogP contribution in [0.3, 0.4) is 0 Å². The molecule has 0 aromatic carbocycles. The molecule has 0 aliphatic carbocycles. The van der Waals surface area contributed by atoms with Crippen molar-refractivity contribution in [2.75, 3.05) is 0 Å². The van der Waals surface area contributed by atoms with E-state index in [4.69, 9.17) is 0 Å². The maximum atomic E-state index is 2.41. The minimum Gasteiger partial charge on any atom is -0.342 e. The van der Waals surface area contributed by atoms with Crippen molar-refractivity contribution >= 4 is 11.3 Å². The predicted molar refractivity (Wildman–Crippen MR) is 71.5 cm³/mol. The van der Waals surface area contributed by atoms with Crippen molar-refractivity contribution in [3.05, 3.63) is 44.9 Å². The first-order valence-electron chi connectivity index (χ1n) is 5.72. The summed E-state index contributed by atoms with van der Waals surface area (Å²) in [5.41, 5.74) is 4.14. The largest absolute Gasteiger partial charge is 0.342 e. The third kappa shape index (κ3) is 1.82. The first-order chi connectivity index (χ1) is 7.50. The fraction of sp³-hybridized carbons (Fsp3) is 0.429. The quantitative estimate of drug-likeness (QED) is 0.725. The molecular weight excluding hydrogens is 214 g/mol. The van der Waals surface area contributed by atoms with Crippen molar-refractivity contribution in [3.8, 4) is 0 Å². The van der Waals surface area contributed by atoms with Crippen molar-refractivity contribution in [2.24, 2.45) is 0 Å². The van der Waals surface area contributed by atoms with Gasteiger partial charge in [-0.25, -0.2) is 0 Å². The van der Waals surface area contributed by atoms with Crippen LogP contribution in [-0.4, -0.2) is 4.57 Å². The third-order valence-corrected chi connectivity index (χ3v) is 4.22. The SMILES string of the molecule is Cc1cc(C(C)n2c(C)ccc2C)c(C)s1. The van der Waals surface area contributed by atoms with Crippen LogP contribution in [0.4, 0.5) is 0 Å². The highest BCUT2D eigenvalue weighted by atomic mass is 32.1. The van der Waals surface area contributed by atoms with Crippen LogP contribution in [0.1, 0.15) is 39.7 Å². The Morgan fingerprint density at radius 1 is 1.06 bits per heavy atom. The van der Waals surface area contributed by atoms with Gasteiger partial charge < -0.3 is 4.57 Å².